The number of rotatable bonds is 8. The lowest BCUT2D eigenvalue weighted by Crippen LogP contribution is -2.30. The molecule has 9 heteroatoms. The van der Waals surface area contributed by atoms with E-state index in [4.69, 9.17) is 21.1 Å². The van der Waals surface area contributed by atoms with Crippen molar-refractivity contribution in [1.29, 1.82) is 0 Å². The minimum atomic E-state index is -3.52. The van der Waals surface area contributed by atoms with Crippen molar-refractivity contribution in [3.8, 4) is 11.5 Å². The quantitative estimate of drug-likeness (QED) is 0.458. The molecule has 0 heterocycles. The van der Waals surface area contributed by atoms with E-state index in [0.29, 0.717) is 33.5 Å². The Bertz CT molecular complexity index is 1310. The maximum Gasteiger partial charge on any atom is 0.255 e. The summed E-state index contributed by atoms with van der Waals surface area (Å²) >= 11 is 6.12. The molecule has 0 aromatic heterocycles. The standard InChI is InChI=1S/C25H27ClN2O5S/c1-16-6-7-17(2)22(12-16)28(34(5,30)31)15-18-8-10-19(11-9-18)25(29)27-21-14-23(32-3)20(26)13-24(21)33-4/h6-14H,15H2,1-5H3,(H,27,29). The second-order valence-electron chi connectivity index (χ2n) is 7.90. The van der Waals surface area contributed by atoms with Gasteiger partial charge in [-0.1, -0.05) is 35.9 Å². The number of ether oxygens (including phenoxy) is 2. The molecule has 0 aliphatic heterocycles. The SMILES string of the molecule is COc1cc(NC(=O)c2ccc(CN(c3cc(C)ccc3C)S(C)(=O)=O)cc2)c(OC)cc1Cl. The highest BCUT2D eigenvalue weighted by atomic mass is 35.5. The molecular formula is C25H27ClN2O5S. The third kappa shape index (κ3) is 5.81. The van der Waals surface area contributed by atoms with E-state index in [9.17, 15) is 13.2 Å². The first-order valence-corrected chi connectivity index (χ1v) is 12.6. The van der Waals surface area contributed by atoms with Crippen LogP contribution in [-0.2, 0) is 16.6 Å². The van der Waals surface area contributed by atoms with E-state index in [1.165, 1.54) is 24.8 Å². The number of hydrogen-bond donors (Lipinski definition) is 1. The van der Waals surface area contributed by atoms with Crippen LogP contribution in [0.4, 0.5) is 11.4 Å². The summed E-state index contributed by atoms with van der Waals surface area (Å²) in [7, 11) is -0.562. The number of carbonyl (C=O) groups is 1. The van der Waals surface area contributed by atoms with E-state index in [1.807, 2.05) is 32.0 Å². The number of sulfonamides is 1. The molecular weight excluding hydrogens is 476 g/mol. The average Bonchev–Trinajstić information content (AvgIpc) is 2.79. The van der Waals surface area contributed by atoms with E-state index in [0.717, 1.165) is 16.7 Å². The highest BCUT2D eigenvalue weighted by molar-refractivity contribution is 7.92. The number of nitrogens with one attached hydrogen (secondary N) is 1. The summed E-state index contributed by atoms with van der Waals surface area (Å²) in [5.41, 5.74) is 4.02. The molecule has 34 heavy (non-hydrogen) atoms. The molecule has 1 N–H and O–H groups in total. The third-order valence-electron chi connectivity index (χ3n) is 5.30. The van der Waals surface area contributed by atoms with Gasteiger partial charge in [0.15, 0.2) is 0 Å². The molecule has 3 aromatic carbocycles. The molecule has 0 saturated carbocycles. The highest BCUT2D eigenvalue weighted by Crippen LogP contribution is 2.36. The second-order valence-corrected chi connectivity index (χ2v) is 10.2. The Balaban J connectivity index is 1.83. The van der Waals surface area contributed by atoms with Crippen LogP contribution in [0.2, 0.25) is 5.02 Å². The van der Waals surface area contributed by atoms with Gasteiger partial charge in [-0.2, -0.15) is 0 Å². The van der Waals surface area contributed by atoms with E-state index in [-0.39, 0.29) is 12.5 Å². The molecule has 0 spiro atoms. The van der Waals surface area contributed by atoms with Crippen LogP contribution in [0, 0.1) is 13.8 Å². The van der Waals surface area contributed by atoms with Gasteiger partial charge in [0, 0.05) is 17.7 Å². The van der Waals surface area contributed by atoms with Crippen molar-refractivity contribution in [2.24, 2.45) is 0 Å². The van der Waals surface area contributed by atoms with Crippen LogP contribution in [0.5, 0.6) is 11.5 Å². The molecule has 0 atom stereocenters. The zero-order valence-corrected chi connectivity index (χ0v) is 21.3. The monoisotopic (exact) mass is 502 g/mol. The first-order valence-electron chi connectivity index (χ1n) is 10.4. The van der Waals surface area contributed by atoms with Crippen LogP contribution in [0.3, 0.4) is 0 Å². The van der Waals surface area contributed by atoms with Crippen molar-refractivity contribution in [2.45, 2.75) is 20.4 Å². The zero-order valence-electron chi connectivity index (χ0n) is 19.7. The van der Waals surface area contributed by atoms with E-state index in [1.54, 1.807) is 36.4 Å². The van der Waals surface area contributed by atoms with Gasteiger partial charge in [0.1, 0.15) is 11.5 Å². The van der Waals surface area contributed by atoms with Crippen molar-refractivity contribution < 1.29 is 22.7 Å². The zero-order chi connectivity index (χ0) is 25.0. The minimum absolute atomic E-state index is 0.146. The van der Waals surface area contributed by atoms with E-state index < -0.39 is 10.0 Å². The number of carbonyl (C=O) groups excluding carboxylic acids is 1. The van der Waals surface area contributed by atoms with Crippen molar-refractivity contribution in [3.63, 3.8) is 0 Å². The molecule has 7 nitrogen and oxygen atoms in total. The van der Waals surface area contributed by atoms with Crippen LogP contribution in [0.25, 0.3) is 0 Å². The molecule has 0 fully saturated rings. The van der Waals surface area contributed by atoms with Crippen LogP contribution >= 0.6 is 11.6 Å². The molecule has 3 rings (SSSR count). The van der Waals surface area contributed by atoms with Crippen LogP contribution in [0.1, 0.15) is 27.0 Å². The fourth-order valence-corrected chi connectivity index (χ4v) is 4.62. The Morgan fingerprint density at radius 3 is 2.21 bits per heavy atom. The van der Waals surface area contributed by atoms with Gasteiger partial charge in [-0.15, -0.1) is 0 Å². The largest absolute Gasteiger partial charge is 0.495 e. The van der Waals surface area contributed by atoms with Gasteiger partial charge in [0.2, 0.25) is 10.0 Å². The van der Waals surface area contributed by atoms with Gasteiger partial charge in [0.05, 0.1) is 43.4 Å². The molecule has 0 unspecified atom stereocenters. The average molecular weight is 503 g/mol. The number of anilines is 2. The van der Waals surface area contributed by atoms with Gasteiger partial charge in [-0.05, 0) is 48.7 Å². The number of nitrogens with zero attached hydrogens (tertiary/aromatic N) is 1. The molecule has 1 amide bonds. The molecule has 3 aromatic rings. The van der Waals surface area contributed by atoms with Crippen molar-refractivity contribution in [1.82, 2.24) is 0 Å². The summed E-state index contributed by atoms with van der Waals surface area (Å²) < 4.78 is 37.0. The Labute approximate surface area is 205 Å². The first-order chi connectivity index (χ1) is 16.0. The Morgan fingerprint density at radius 2 is 1.62 bits per heavy atom. The lowest BCUT2D eigenvalue weighted by Gasteiger charge is -2.25. The first kappa shape index (κ1) is 25.4. The number of hydrogen-bond acceptors (Lipinski definition) is 5. The van der Waals surface area contributed by atoms with E-state index >= 15 is 0 Å². The topological polar surface area (TPSA) is 84.9 Å². The van der Waals surface area contributed by atoms with Crippen molar-refractivity contribution in [2.75, 3.05) is 30.1 Å². The predicted octanol–water partition coefficient (Wildman–Crippen LogP) is 5.19. The number of methoxy groups -OCH3 is 2. The molecule has 0 aliphatic carbocycles. The predicted molar refractivity (Wildman–Crippen MR) is 136 cm³/mol. The lowest BCUT2D eigenvalue weighted by molar-refractivity contribution is 0.102. The van der Waals surface area contributed by atoms with Gasteiger partial charge >= 0.3 is 0 Å². The lowest BCUT2D eigenvalue weighted by atomic mass is 10.1. The fourth-order valence-electron chi connectivity index (χ4n) is 3.45. The Hall–Kier alpha value is -3.23. The molecule has 0 radical (unpaired) electrons. The maximum atomic E-state index is 12.8. The highest BCUT2D eigenvalue weighted by Gasteiger charge is 2.20. The normalized spacial score (nSPS) is 11.1. The number of aryl methyl sites for hydroxylation is 2. The Kier molecular flexibility index (Phi) is 7.74. The number of amides is 1. The molecule has 180 valence electrons. The minimum Gasteiger partial charge on any atom is -0.495 e. The second kappa shape index (κ2) is 10.4. The summed E-state index contributed by atoms with van der Waals surface area (Å²) in [6.45, 7) is 3.94. The molecule has 0 saturated heterocycles. The smallest absolute Gasteiger partial charge is 0.255 e. The van der Waals surface area contributed by atoms with Crippen LogP contribution in [-0.4, -0.2) is 34.8 Å². The number of halogens is 1. The Morgan fingerprint density at radius 1 is 0.971 bits per heavy atom. The summed E-state index contributed by atoms with van der Waals surface area (Å²) in [6.07, 6.45) is 1.18. The molecule has 0 bridgehead atoms. The fraction of sp³-hybridized carbons (Fsp3) is 0.240. The van der Waals surface area contributed by atoms with Crippen molar-refractivity contribution >= 4 is 38.9 Å². The van der Waals surface area contributed by atoms with Crippen molar-refractivity contribution in [3.05, 3.63) is 81.9 Å². The van der Waals surface area contributed by atoms with Crippen LogP contribution < -0.4 is 19.1 Å². The summed E-state index contributed by atoms with van der Waals surface area (Å²) in [5, 5.41) is 3.16. The molecule has 0 aliphatic rings. The van der Waals surface area contributed by atoms with Crippen LogP contribution in [0.15, 0.2) is 54.6 Å². The third-order valence-corrected chi connectivity index (χ3v) is 6.72. The summed E-state index contributed by atoms with van der Waals surface area (Å²) in [4.78, 5) is 12.8. The van der Waals surface area contributed by atoms with E-state index in [2.05, 4.69) is 5.32 Å². The van der Waals surface area contributed by atoms with Gasteiger partial charge in [-0.25, -0.2) is 8.42 Å². The number of benzene rings is 3. The summed E-state index contributed by atoms with van der Waals surface area (Å²) in [5.74, 6) is 0.442. The maximum absolute atomic E-state index is 12.8. The van der Waals surface area contributed by atoms with Gasteiger partial charge < -0.3 is 14.8 Å². The van der Waals surface area contributed by atoms with Gasteiger partial charge in [-0.3, -0.25) is 9.10 Å². The summed E-state index contributed by atoms with van der Waals surface area (Å²) in [6, 6.07) is 15.6. The van der Waals surface area contributed by atoms with Gasteiger partial charge in [0.25, 0.3) is 5.91 Å².